The molecular formula is C11H18N2OS3. The number of nitrogens with one attached hydrogen (secondary N) is 2. The van der Waals surface area contributed by atoms with Gasteiger partial charge in [0.1, 0.15) is 0 Å². The van der Waals surface area contributed by atoms with Crippen LogP contribution in [0.3, 0.4) is 0 Å². The van der Waals surface area contributed by atoms with Gasteiger partial charge in [0.25, 0.3) is 0 Å². The Balaban J connectivity index is 2.44. The first kappa shape index (κ1) is 14.7. The molecule has 0 spiro atoms. The summed E-state index contributed by atoms with van der Waals surface area (Å²) in [6, 6.07) is 0.222. The van der Waals surface area contributed by atoms with Gasteiger partial charge in [-0.2, -0.15) is 11.8 Å². The lowest BCUT2D eigenvalue weighted by atomic mass is 10.2. The van der Waals surface area contributed by atoms with Crippen LogP contribution in [0.25, 0.3) is 0 Å². The minimum atomic E-state index is 0.0718. The molecule has 3 nitrogen and oxygen atoms in total. The zero-order valence-electron chi connectivity index (χ0n) is 10.3. The number of aromatic nitrogens is 1. The zero-order valence-corrected chi connectivity index (χ0v) is 12.8. The van der Waals surface area contributed by atoms with E-state index in [1.807, 2.05) is 25.6 Å². The summed E-state index contributed by atoms with van der Waals surface area (Å²) in [5.41, 5.74) is 1.01. The minimum absolute atomic E-state index is 0.0718. The van der Waals surface area contributed by atoms with Gasteiger partial charge < -0.3 is 10.3 Å². The Morgan fingerprint density at radius 3 is 2.88 bits per heavy atom. The van der Waals surface area contributed by atoms with Crippen LogP contribution in [0.2, 0.25) is 0 Å². The molecule has 0 aromatic carbocycles. The van der Waals surface area contributed by atoms with Gasteiger partial charge in [0.15, 0.2) is 3.95 Å². The normalized spacial score (nSPS) is 12.4. The van der Waals surface area contributed by atoms with E-state index in [1.165, 1.54) is 11.3 Å². The van der Waals surface area contributed by atoms with E-state index in [2.05, 4.69) is 17.2 Å². The van der Waals surface area contributed by atoms with Gasteiger partial charge in [0, 0.05) is 22.4 Å². The van der Waals surface area contributed by atoms with Crippen LogP contribution in [0.1, 0.15) is 24.4 Å². The molecule has 1 atom stereocenters. The van der Waals surface area contributed by atoms with E-state index >= 15 is 0 Å². The second kappa shape index (κ2) is 7.18. The largest absolute Gasteiger partial charge is 0.353 e. The lowest BCUT2D eigenvalue weighted by Crippen LogP contribution is -2.35. The fourth-order valence-corrected chi connectivity index (χ4v) is 3.38. The number of H-pyrrole nitrogens is 1. The van der Waals surface area contributed by atoms with Crippen molar-refractivity contribution in [2.45, 2.75) is 33.2 Å². The Kier molecular flexibility index (Phi) is 6.22. The number of aryl methyl sites for hydroxylation is 1. The van der Waals surface area contributed by atoms with E-state index in [4.69, 9.17) is 12.2 Å². The zero-order chi connectivity index (χ0) is 12.8. The number of aromatic amines is 1. The highest BCUT2D eigenvalue weighted by molar-refractivity contribution is 7.99. The van der Waals surface area contributed by atoms with Gasteiger partial charge in [-0.3, -0.25) is 4.79 Å². The van der Waals surface area contributed by atoms with Crippen LogP contribution in [-0.2, 0) is 11.2 Å². The van der Waals surface area contributed by atoms with Gasteiger partial charge in [0.05, 0.1) is 6.42 Å². The first-order chi connectivity index (χ1) is 8.02. The van der Waals surface area contributed by atoms with Crippen LogP contribution >= 0.6 is 35.3 Å². The Morgan fingerprint density at radius 1 is 1.65 bits per heavy atom. The molecule has 0 saturated carbocycles. The minimum Gasteiger partial charge on any atom is -0.353 e. The van der Waals surface area contributed by atoms with Crippen molar-refractivity contribution in [3.63, 3.8) is 0 Å². The third kappa shape index (κ3) is 5.23. The van der Waals surface area contributed by atoms with Crippen molar-refractivity contribution in [3.8, 4) is 0 Å². The van der Waals surface area contributed by atoms with Crippen molar-refractivity contribution in [2.75, 3.05) is 11.5 Å². The summed E-state index contributed by atoms with van der Waals surface area (Å²) in [6.45, 7) is 6.10. The fraction of sp³-hybridized carbons (Fsp3) is 0.636. The first-order valence-electron chi connectivity index (χ1n) is 5.58. The highest BCUT2D eigenvalue weighted by atomic mass is 32.2. The monoisotopic (exact) mass is 290 g/mol. The highest BCUT2D eigenvalue weighted by Crippen LogP contribution is 2.15. The molecule has 2 N–H and O–H groups in total. The van der Waals surface area contributed by atoms with Gasteiger partial charge in [-0.1, -0.05) is 6.92 Å². The summed E-state index contributed by atoms with van der Waals surface area (Å²) in [5.74, 6) is 2.12. The van der Waals surface area contributed by atoms with E-state index < -0.39 is 0 Å². The molecule has 0 bridgehead atoms. The average molecular weight is 290 g/mol. The average Bonchev–Trinajstić information content (AvgIpc) is 2.54. The number of thiazole rings is 1. The van der Waals surface area contributed by atoms with Crippen LogP contribution in [-0.4, -0.2) is 28.4 Å². The Morgan fingerprint density at radius 2 is 2.35 bits per heavy atom. The molecule has 0 fully saturated rings. The summed E-state index contributed by atoms with van der Waals surface area (Å²) >= 11 is 8.36. The predicted molar refractivity (Wildman–Crippen MR) is 78.5 cm³/mol. The number of hydrogen-bond donors (Lipinski definition) is 2. The second-order valence-electron chi connectivity index (χ2n) is 3.87. The summed E-state index contributed by atoms with van der Waals surface area (Å²) in [4.78, 5) is 15.9. The Labute approximate surface area is 115 Å². The summed E-state index contributed by atoms with van der Waals surface area (Å²) in [7, 11) is 0. The van der Waals surface area contributed by atoms with Crippen molar-refractivity contribution in [2.24, 2.45) is 0 Å². The van der Waals surface area contributed by atoms with Gasteiger partial charge in [0.2, 0.25) is 5.91 Å². The molecule has 1 aromatic heterocycles. The highest BCUT2D eigenvalue weighted by Gasteiger charge is 2.11. The Bertz CT molecular complexity index is 425. The molecule has 0 saturated heterocycles. The van der Waals surface area contributed by atoms with Gasteiger partial charge in [-0.05, 0) is 31.8 Å². The molecule has 96 valence electrons. The number of amides is 1. The quantitative estimate of drug-likeness (QED) is 0.792. The summed E-state index contributed by atoms with van der Waals surface area (Å²) in [6.07, 6.45) is 0.421. The molecular weight excluding hydrogens is 272 g/mol. The van der Waals surface area contributed by atoms with E-state index in [0.29, 0.717) is 6.42 Å². The number of rotatable bonds is 6. The predicted octanol–water partition coefficient (Wildman–Crippen LogP) is 2.91. The summed E-state index contributed by atoms with van der Waals surface area (Å²) in [5, 5.41) is 3.00. The molecule has 17 heavy (non-hydrogen) atoms. The Hall–Kier alpha value is -0.330. The number of thioether (sulfide) groups is 1. The molecule has 1 rings (SSSR count). The van der Waals surface area contributed by atoms with Crippen molar-refractivity contribution >= 4 is 41.2 Å². The van der Waals surface area contributed by atoms with Crippen LogP contribution in [0.5, 0.6) is 0 Å². The van der Waals surface area contributed by atoms with Crippen LogP contribution in [0.4, 0.5) is 0 Å². The molecule has 0 aliphatic heterocycles. The van der Waals surface area contributed by atoms with Gasteiger partial charge >= 0.3 is 0 Å². The molecule has 1 heterocycles. The van der Waals surface area contributed by atoms with Crippen molar-refractivity contribution < 1.29 is 4.79 Å². The standard InChI is InChI=1S/C11H18N2OS3/c1-4-16-6-7(2)12-10(14)5-9-8(3)13-11(15)17-9/h7H,4-6H2,1-3H3,(H,12,14)(H,13,15). The molecule has 6 heteroatoms. The smallest absolute Gasteiger partial charge is 0.225 e. The van der Waals surface area contributed by atoms with Crippen LogP contribution in [0, 0.1) is 10.9 Å². The third-order valence-corrected chi connectivity index (χ3v) is 4.70. The lowest BCUT2D eigenvalue weighted by molar-refractivity contribution is -0.120. The van der Waals surface area contributed by atoms with E-state index in [-0.39, 0.29) is 11.9 Å². The number of carbonyl (C=O) groups excluding carboxylic acids is 1. The summed E-state index contributed by atoms with van der Waals surface area (Å²) < 4.78 is 0.736. The second-order valence-corrected chi connectivity index (χ2v) is 6.96. The molecule has 0 aliphatic rings. The van der Waals surface area contributed by atoms with E-state index in [0.717, 1.165) is 26.0 Å². The van der Waals surface area contributed by atoms with Gasteiger partial charge in [-0.15, -0.1) is 11.3 Å². The molecule has 1 unspecified atom stereocenters. The lowest BCUT2D eigenvalue weighted by Gasteiger charge is -2.12. The topological polar surface area (TPSA) is 44.9 Å². The van der Waals surface area contributed by atoms with Crippen molar-refractivity contribution in [1.29, 1.82) is 0 Å². The van der Waals surface area contributed by atoms with Crippen molar-refractivity contribution in [1.82, 2.24) is 10.3 Å². The molecule has 1 amide bonds. The maximum atomic E-state index is 11.8. The molecule has 1 aromatic rings. The van der Waals surface area contributed by atoms with E-state index in [1.54, 1.807) is 0 Å². The van der Waals surface area contributed by atoms with Crippen LogP contribution in [0.15, 0.2) is 0 Å². The van der Waals surface area contributed by atoms with Crippen molar-refractivity contribution in [3.05, 3.63) is 14.5 Å². The van der Waals surface area contributed by atoms with Crippen LogP contribution < -0.4 is 5.32 Å². The maximum absolute atomic E-state index is 11.8. The fourth-order valence-electron chi connectivity index (χ4n) is 1.41. The SMILES string of the molecule is CCSCC(C)NC(=O)Cc1sc(=S)[nH]c1C. The number of hydrogen-bond acceptors (Lipinski definition) is 4. The number of carbonyl (C=O) groups is 1. The maximum Gasteiger partial charge on any atom is 0.225 e. The third-order valence-electron chi connectivity index (χ3n) is 2.22. The first-order valence-corrected chi connectivity index (χ1v) is 7.96. The molecule has 0 radical (unpaired) electrons. The van der Waals surface area contributed by atoms with Gasteiger partial charge in [-0.25, -0.2) is 0 Å². The molecule has 0 aliphatic carbocycles. The van der Waals surface area contributed by atoms with E-state index in [9.17, 15) is 4.79 Å².